The van der Waals surface area contributed by atoms with Gasteiger partial charge in [-0.3, -0.25) is 0 Å². The molecule has 1 aliphatic carbocycles. The highest BCUT2D eigenvalue weighted by Gasteiger charge is 2.38. The molecule has 5 nitrogen and oxygen atoms in total. The van der Waals surface area contributed by atoms with Gasteiger partial charge in [0.25, 0.3) is 0 Å². The van der Waals surface area contributed by atoms with Gasteiger partial charge in [0, 0.05) is 17.7 Å². The molecule has 1 aromatic heterocycles. The summed E-state index contributed by atoms with van der Waals surface area (Å²) in [5.74, 6) is 0.643. The summed E-state index contributed by atoms with van der Waals surface area (Å²) in [5, 5.41) is 4.08. The van der Waals surface area contributed by atoms with Gasteiger partial charge in [-0.2, -0.15) is 4.31 Å². The summed E-state index contributed by atoms with van der Waals surface area (Å²) < 4.78 is 33.1. The smallest absolute Gasteiger partial charge is 0.243 e. The van der Waals surface area contributed by atoms with Gasteiger partial charge in [-0.15, -0.1) is 0 Å². The second-order valence-electron chi connectivity index (χ2n) is 6.64. The highest BCUT2D eigenvalue weighted by Crippen LogP contribution is 2.34. The van der Waals surface area contributed by atoms with E-state index in [1.807, 2.05) is 55.5 Å². The largest absolute Gasteiger partial charge is 0.356 e. The number of hydrogen-bond donors (Lipinski definition) is 0. The standard InChI is InChI=1S/C20H20N2O3S/c1-15-7-11-19(12-8-15)26(23,24)22(18-9-10-18)14-17-13-20(25-21-17)16-5-3-2-4-6-16/h2-8,11-13,18H,9-10,14H2,1H3. The monoisotopic (exact) mass is 368 g/mol. The first-order valence-corrected chi connectivity index (χ1v) is 10.1. The van der Waals surface area contributed by atoms with E-state index in [9.17, 15) is 8.42 Å². The number of sulfonamides is 1. The van der Waals surface area contributed by atoms with Crippen molar-refractivity contribution in [3.05, 3.63) is 71.9 Å². The van der Waals surface area contributed by atoms with Gasteiger partial charge in [0.05, 0.1) is 17.1 Å². The van der Waals surface area contributed by atoms with Gasteiger partial charge in [-0.1, -0.05) is 53.2 Å². The Labute approximate surface area is 153 Å². The Morgan fingerprint density at radius 1 is 1.08 bits per heavy atom. The van der Waals surface area contributed by atoms with E-state index in [0.29, 0.717) is 16.3 Å². The van der Waals surface area contributed by atoms with Crippen LogP contribution < -0.4 is 0 Å². The molecule has 2 aromatic carbocycles. The maximum atomic E-state index is 13.1. The van der Waals surface area contributed by atoms with Crippen LogP contribution in [0, 0.1) is 6.92 Å². The number of nitrogens with zero attached hydrogens (tertiary/aromatic N) is 2. The third-order valence-electron chi connectivity index (χ3n) is 4.52. The molecule has 1 fully saturated rings. The fraction of sp³-hybridized carbons (Fsp3) is 0.250. The lowest BCUT2D eigenvalue weighted by atomic mass is 10.2. The summed E-state index contributed by atoms with van der Waals surface area (Å²) in [6.07, 6.45) is 1.77. The van der Waals surface area contributed by atoms with Crippen molar-refractivity contribution in [1.29, 1.82) is 0 Å². The molecule has 3 aromatic rings. The lowest BCUT2D eigenvalue weighted by Crippen LogP contribution is -2.32. The van der Waals surface area contributed by atoms with E-state index in [1.54, 1.807) is 16.4 Å². The van der Waals surface area contributed by atoms with Gasteiger partial charge >= 0.3 is 0 Å². The minimum Gasteiger partial charge on any atom is -0.356 e. The van der Waals surface area contributed by atoms with Crippen LogP contribution in [0.3, 0.4) is 0 Å². The molecule has 1 heterocycles. The van der Waals surface area contributed by atoms with Crippen LogP contribution in [0.25, 0.3) is 11.3 Å². The number of hydrogen-bond acceptors (Lipinski definition) is 4. The van der Waals surface area contributed by atoms with Crippen molar-refractivity contribution in [2.24, 2.45) is 0 Å². The topological polar surface area (TPSA) is 63.4 Å². The third kappa shape index (κ3) is 3.43. The van der Waals surface area contributed by atoms with Crippen molar-refractivity contribution in [2.75, 3.05) is 0 Å². The minimum atomic E-state index is -3.56. The molecule has 26 heavy (non-hydrogen) atoms. The fourth-order valence-corrected chi connectivity index (χ4v) is 4.56. The van der Waals surface area contributed by atoms with Gasteiger partial charge in [0.1, 0.15) is 0 Å². The molecule has 0 spiro atoms. The Balaban J connectivity index is 1.60. The maximum absolute atomic E-state index is 13.1. The summed E-state index contributed by atoms with van der Waals surface area (Å²) in [6.45, 7) is 2.16. The van der Waals surface area contributed by atoms with E-state index in [2.05, 4.69) is 5.16 Å². The highest BCUT2D eigenvalue weighted by molar-refractivity contribution is 7.89. The Kier molecular flexibility index (Phi) is 4.38. The Hall–Kier alpha value is -2.44. The van der Waals surface area contributed by atoms with Crippen LogP contribution in [0.15, 0.2) is 70.1 Å². The Bertz CT molecular complexity index is 991. The molecule has 134 valence electrons. The summed E-state index contributed by atoms with van der Waals surface area (Å²) in [7, 11) is -3.56. The van der Waals surface area contributed by atoms with Crippen LogP contribution in [0.4, 0.5) is 0 Å². The highest BCUT2D eigenvalue weighted by atomic mass is 32.2. The van der Waals surface area contributed by atoms with E-state index in [-0.39, 0.29) is 12.6 Å². The van der Waals surface area contributed by atoms with Crippen LogP contribution >= 0.6 is 0 Å². The molecule has 0 atom stereocenters. The predicted octanol–water partition coefficient (Wildman–Crippen LogP) is 4.00. The molecule has 1 saturated carbocycles. The Morgan fingerprint density at radius 2 is 1.77 bits per heavy atom. The summed E-state index contributed by atoms with van der Waals surface area (Å²) in [6, 6.07) is 18.5. The molecule has 0 N–H and O–H groups in total. The van der Waals surface area contributed by atoms with Crippen LogP contribution in [0.5, 0.6) is 0 Å². The van der Waals surface area contributed by atoms with E-state index in [1.165, 1.54) is 0 Å². The molecule has 0 aliphatic heterocycles. The molecule has 6 heteroatoms. The van der Waals surface area contributed by atoms with E-state index in [4.69, 9.17) is 4.52 Å². The van der Waals surface area contributed by atoms with Crippen molar-refractivity contribution in [1.82, 2.24) is 9.46 Å². The van der Waals surface area contributed by atoms with E-state index < -0.39 is 10.0 Å². The zero-order chi connectivity index (χ0) is 18.1. The van der Waals surface area contributed by atoms with Crippen LogP contribution in [0.2, 0.25) is 0 Å². The van der Waals surface area contributed by atoms with Crippen LogP contribution in [-0.2, 0) is 16.6 Å². The van der Waals surface area contributed by atoms with Crippen molar-refractivity contribution < 1.29 is 12.9 Å². The second-order valence-corrected chi connectivity index (χ2v) is 8.53. The molecule has 0 saturated heterocycles. The van der Waals surface area contributed by atoms with Gasteiger partial charge in [0.15, 0.2) is 5.76 Å². The third-order valence-corrected chi connectivity index (χ3v) is 6.43. The normalized spacial score (nSPS) is 14.7. The summed E-state index contributed by atoms with van der Waals surface area (Å²) in [5.41, 5.74) is 2.57. The predicted molar refractivity (Wildman–Crippen MR) is 98.9 cm³/mol. The van der Waals surface area contributed by atoms with E-state index in [0.717, 1.165) is 24.0 Å². The van der Waals surface area contributed by atoms with Gasteiger partial charge < -0.3 is 4.52 Å². The van der Waals surface area contributed by atoms with E-state index >= 15 is 0 Å². The molecule has 0 radical (unpaired) electrons. The first kappa shape index (κ1) is 17.0. The average molecular weight is 368 g/mol. The molecule has 0 unspecified atom stereocenters. The lowest BCUT2D eigenvalue weighted by Gasteiger charge is -2.20. The van der Waals surface area contributed by atoms with Gasteiger partial charge in [0.2, 0.25) is 10.0 Å². The number of aromatic nitrogens is 1. The minimum absolute atomic E-state index is 0.0400. The maximum Gasteiger partial charge on any atom is 0.243 e. The molecular formula is C20H20N2O3S. The second kappa shape index (κ2) is 6.70. The van der Waals surface area contributed by atoms with Gasteiger partial charge in [-0.25, -0.2) is 8.42 Å². The van der Waals surface area contributed by atoms with Crippen molar-refractivity contribution >= 4 is 10.0 Å². The quantitative estimate of drug-likeness (QED) is 0.660. The van der Waals surface area contributed by atoms with Gasteiger partial charge in [-0.05, 0) is 31.9 Å². The first-order chi connectivity index (χ1) is 12.5. The number of benzene rings is 2. The number of aryl methyl sites for hydroxylation is 1. The SMILES string of the molecule is Cc1ccc(S(=O)(=O)N(Cc2cc(-c3ccccc3)on2)C2CC2)cc1. The zero-order valence-electron chi connectivity index (χ0n) is 14.5. The fourth-order valence-electron chi connectivity index (χ4n) is 2.90. The van der Waals surface area contributed by atoms with Crippen LogP contribution in [-0.4, -0.2) is 23.9 Å². The lowest BCUT2D eigenvalue weighted by molar-refractivity contribution is 0.370. The van der Waals surface area contributed by atoms with Crippen molar-refractivity contribution in [2.45, 2.75) is 37.2 Å². The zero-order valence-corrected chi connectivity index (χ0v) is 15.3. The molecule has 0 bridgehead atoms. The molecule has 0 amide bonds. The molecule has 4 rings (SSSR count). The molecule has 1 aliphatic rings. The van der Waals surface area contributed by atoms with Crippen molar-refractivity contribution in [3.8, 4) is 11.3 Å². The molecular weight excluding hydrogens is 348 g/mol. The van der Waals surface area contributed by atoms with Crippen LogP contribution in [0.1, 0.15) is 24.1 Å². The average Bonchev–Trinajstić information content (AvgIpc) is 3.38. The summed E-state index contributed by atoms with van der Waals surface area (Å²) >= 11 is 0. The summed E-state index contributed by atoms with van der Waals surface area (Å²) in [4.78, 5) is 0.321. The Morgan fingerprint density at radius 3 is 2.42 bits per heavy atom. The number of rotatable bonds is 6. The van der Waals surface area contributed by atoms with Crippen molar-refractivity contribution in [3.63, 3.8) is 0 Å². The first-order valence-electron chi connectivity index (χ1n) is 8.63.